The van der Waals surface area contributed by atoms with Gasteiger partial charge in [0.2, 0.25) is 5.91 Å². The number of amides is 2. The van der Waals surface area contributed by atoms with Gasteiger partial charge in [0, 0.05) is 23.7 Å². The first kappa shape index (κ1) is 17.5. The number of carbonyl (C=O) groups excluding carboxylic acids is 2. The molecule has 0 bridgehead atoms. The molecule has 0 aliphatic carbocycles. The second-order valence-electron chi connectivity index (χ2n) is 4.98. The van der Waals surface area contributed by atoms with Gasteiger partial charge in [-0.1, -0.05) is 13.0 Å². The first-order chi connectivity index (χ1) is 9.69. The van der Waals surface area contributed by atoms with E-state index in [1.165, 1.54) is 0 Å². The summed E-state index contributed by atoms with van der Waals surface area (Å²) >= 11 is 0. The molecule has 1 fully saturated rings. The zero-order valence-corrected chi connectivity index (χ0v) is 13.0. The van der Waals surface area contributed by atoms with Gasteiger partial charge in [-0.2, -0.15) is 0 Å². The van der Waals surface area contributed by atoms with Crippen molar-refractivity contribution in [2.24, 2.45) is 0 Å². The van der Waals surface area contributed by atoms with Crippen LogP contribution in [0.15, 0.2) is 24.3 Å². The molecule has 1 aliphatic heterocycles. The van der Waals surface area contributed by atoms with Crippen LogP contribution in [0.2, 0.25) is 0 Å². The number of benzene rings is 1. The van der Waals surface area contributed by atoms with Gasteiger partial charge in [-0.3, -0.25) is 9.59 Å². The van der Waals surface area contributed by atoms with E-state index in [4.69, 9.17) is 0 Å². The van der Waals surface area contributed by atoms with Crippen LogP contribution in [0.25, 0.3) is 0 Å². The molecule has 0 aromatic heterocycles. The molecule has 0 saturated carbocycles. The molecule has 2 rings (SSSR count). The van der Waals surface area contributed by atoms with Crippen LogP contribution in [0.4, 0.5) is 5.69 Å². The summed E-state index contributed by atoms with van der Waals surface area (Å²) in [5.74, 6) is -0.134. The number of rotatable bonds is 4. The molecule has 0 radical (unpaired) electrons. The highest BCUT2D eigenvalue weighted by molar-refractivity contribution is 5.97. The Morgan fingerprint density at radius 2 is 2.00 bits per heavy atom. The van der Waals surface area contributed by atoms with E-state index in [1.54, 1.807) is 31.2 Å². The molecule has 0 atom stereocenters. The third kappa shape index (κ3) is 5.36. The van der Waals surface area contributed by atoms with Crippen molar-refractivity contribution in [3.05, 3.63) is 29.8 Å². The minimum atomic E-state index is -0.0792. The van der Waals surface area contributed by atoms with Gasteiger partial charge in [0.1, 0.15) is 0 Å². The van der Waals surface area contributed by atoms with Crippen molar-refractivity contribution in [2.45, 2.75) is 32.2 Å². The average Bonchev–Trinajstić information content (AvgIpc) is 2.48. The number of carbonyl (C=O) groups is 2. The van der Waals surface area contributed by atoms with Crippen LogP contribution in [-0.2, 0) is 4.79 Å². The van der Waals surface area contributed by atoms with Crippen LogP contribution < -0.4 is 16.0 Å². The lowest BCUT2D eigenvalue weighted by Gasteiger charge is -2.23. The fraction of sp³-hybridized carbons (Fsp3) is 0.467. The van der Waals surface area contributed by atoms with Gasteiger partial charge in [-0.25, -0.2) is 0 Å². The molecule has 1 aliphatic rings. The van der Waals surface area contributed by atoms with Gasteiger partial charge in [-0.05, 0) is 44.1 Å². The van der Waals surface area contributed by atoms with Crippen LogP contribution in [0.1, 0.15) is 36.5 Å². The molecule has 116 valence electrons. The monoisotopic (exact) mass is 311 g/mol. The minimum Gasteiger partial charge on any atom is -0.349 e. The average molecular weight is 312 g/mol. The summed E-state index contributed by atoms with van der Waals surface area (Å²) in [5, 5.41) is 9.07. The lowest BCUT2D eigenvalue weighted by molar-refractivity contribution is -0.115. The van der Waals surface area contributed by atoms with Crippen LogP contribution in [0, 0.1) is 0 Å². The molecule has 21 heavy (non-hydrogen) atoms. The molecular formula is C15H22ClN3O2. The van der Waals surface area contributed by atoms with E-state index < -0.39 is 0 Å². The van der Waals surface area contributed by atoms with Gasteiger partial charge < -0.3 is 16.0 Å². The molecule has 5 nitrogen and oxygen atoms in total. The van der Waals surface area contributed by atoms with Gasteiger partial charge in [0.15, 0.2) is 0 Å². The van der Waals surface area contributed by atoms with Crippen molar-refractivity contribution in [3.63, 3.8) is 0 Å². The highest BCUT2D eigenvalue weighted by Crippen LogP contribution is 2.12. The highest BCUT2D eigenvalue weighted by atomic mass is 35.5. The summed E-state index contributed by atoms with van der Waals surface area (Å²) in [6.45, 7) is 3.68. The fourth-order valence-corrected chi connectivity index (χ4v) is 2.22. The SMILES string of the molecule is CCC(=O)Nc1cccc(C(=O)NC2CCNCC2)c1.Cl. The standard InChI is InChI=1S/C15H21N3O2.ClH/c1-2-14(19)17-13-5-3-4-11(10-13)15(20)18-12-6-8-16-9-7-12;/h3-5,10,12,16H,2,6-9H2,1H3,(H,17,19)(H,18,20);1H. The van der Waals surface area contributed by atoms with Crippen LogP contribution in [0.5, 0.6) is 0 Å². The first-order valence-electron chi connectivity index (χ1n) is 7.10. The summed E-state index contributed by atoms with van der Waals surface area (Å²) in [6.07, 6.45) is 2.33. The summed E-state index contributed by atoms with van der Waals surface area (Å²) in [4.78, 5) is 23.5. The number of anilines is 1. The van der Waals surface area contributed by atoms with Crippen molar-refractivity contribution in [3.8, 4) is 0 Å². The quantitative estimate of drug-likeness (QED) is 0.796. The predicted molar refractivity (Wildman–Crippen MR) is 86.0 cm³/mol. The summed E-state index contributed by atoms with van der Waals surface area (Å²) in [7, 11) is 0. The van der Waals surface area contributed by atoms with Gasteiger partial charge in [0.05, 0.1) is 0 Å². The molecule has 1 aromatic carbocycles. The van der Waals surface area contributed by atoms with E-state index in [0.717, 1.165) is 25.9 Å². The number of hydrogen-bond acceptors (Lipinski definition) is 3. The third-order valence-corrected chi connectivity index (χ3v) is 3.40. The summed E-state index contributed by atoms with van der Waals surface area (Å²) in [5.41, 5.74) is 1.24. The number of hydrogen-bond donors (Lipinski definition) is 3. The van der Waals surface area contributed by atoms with Gasteiger partial charge in [-0.15, -0.1) is 12.4 Å². The van der Waals surface area contributed by atoms with Crippen molar-refractivity contribution in [2.75, 3.05) is 18.4 Å². The lowest BCUT2D eigenvalue weighted by Crippen LogP contribution is -2.42. The molecule has 0 unspecified atom stereocenters. The molecular weight excluding hydrogens is 290 g/mol. The van der Waals surface area contributed by atoms with E-state index in [9.17, 15) is 9.59 Å². The Kier molecular flexibility index (Phi) is 7.19. The number of nitrogens with one attached hydrogen (secondary N) is 3. The number of halogens is 1. The Morgan fingerprint density at radius 1 is 1.29 bits per heavy atom. The van der Waals surface area contributed by atoms with Crippen molar-refractivity contribution < 1.29 is 9.59 Å². The maximum absolute atomic E-state index is 12.2. The Morgan fingerprint density at radius 3 is 2.67 bits per heavy atom. The van der Waals surface area contributed by atoms with Crippen LogP contribution in [0.3, 0.4) is 0 Å². The Hall–Kier alpha value is -1.59. The Balaban J connectivity index is 0.00000220. The van der Waals surface area contributed by atoms with Crippen molar-refractivity contribution >= 4 is 29.9 Å². The van der Waals surface area contributed by atoms with Crippen molar-refractivity contribution in [1.82, 2.24) is 10.6 Å². The summed E-state index contributed by atoms with van der Waals surface area (Å²) in [6, 6.07) is 7.28. The topological polar surface area (TPSA) is 70.2 Å². The molecule has 1 heterocycles. The molecule has 1 saturated heterocycles. The Labute approximate surface area is 131 Å². The van der Waals surface area contributed by atoms with Crippen LogP contribution in [-0.4, -0.2) is 30.9 Å². The van der Waals surface area contributed by atoms with E-state index in [-0.39, 0.29) is 30.3 Å². The second kappa shape index (κ2) is 8.64. The fourth-order valence-electron chi connectivity index (χ4n) is 2.22. The smallest absolute Gasteiger partial charge is 0.251 e. The largest absolute Gasteiger partial charge is 0.349 e. The predicted octanol–water partition coefficient (Wildman–Crippen LogP) is 1.94. The Bertz CT molecular complexity index is 488. The van der Waals surface area contributed by atoms with E-state index >= 15 is 0 Å². The summed E-state index contributed by atoms with van der Waals surface area (Å²) < 4.78 is 0. The molecule has 0 spiro atoms. The van der Waals surface area contributed by atoms with E-state index in [0.29, 0.717) is 17.7 Å². The van der Waals surface area contributed by atoms with E-state index in [2.05, 4.69) is 16.0 Å². The molecule has 1 aromatic rings. The normalized spacial score (nSPS) is 14.9. The molecule has 2 amide bonds. The zero-order chi connectivity index (χ0) is 14.4. The van der Waals surface area contributed by atoms with Gasteiger partial charge in [0.25, 0.3) is 5.91 Å². The first-order valence-corrected chi connectivity index (χ1v) is 7.10. The van der Waals surface area contributed by atoms with Crippen molar-refractivity contribution in [1.29, 1.82) is 0 Å². The molecule has 6 heteroatoms. The lowest BCUT2D eigenvalue weighted by atomic mass is 10.1. The maximum Gasteiger partial charge on any atom is 0.251 e. The maximum atomic E-state index is 12.2. The third-order valence-electron chi connectivity index (χ3n) is 3.40. The highest BCUT2D eigenvalue weighted by Gasteiger charge is 2.16. The van der Waals surface area contributed by atoms with Gasteiger partial charge >= 0.3 is 0 Å². The van der Waals surface area contributed by atoms with Crippen LogP contribution >= 0.6 is 12.4 Å². The second-order valence-corrected chi connectivity index (χ2v) is 4.98. The van der Waals surface area contributed by atoms with E-state index in [1.807, 2.05) is 0 Å². The molecule has 3 N–H and O–H groups in total. The number of piperidine rings is 1. The minimum absolute atomic E-state index is 0. The zero-order valence-electron chi connectivity index (χ0n) is 12.1.